The van der Waals surface area contributed by atoms with Crippen molar-refractivity contribution in [3.63, 3.8) is 0 Å². The van der Waals surface area contributed by atoms with Gasteiger partial charge in [0.1, 0.15) is 29.1 Å². The van der Waals surface area contributed by atoms with Crippen molar-refractivity contribution < 1.29 is 41.4 Å². The number of nitrogens with zero attached hydrogens (tertiary/aromatic N) is 1. The molecule has 13 heteroatoms. The van der Waals surface area contributed by atoms with E-state index in [4.69, 9.17) is 36.6 Å². The summed E-state index contributed by atoms with van der Waals surface area (Å²) in [6, 6.07) is 27.3. The van der Waals surface area contributed by atoms with Gasteiger partial charge in [-0.3, -0.25) is 4.52 Å². The topological polar surface area (TPSA) is 112 Å². The lowest BCUT2D eigenvalue weighted by Gasteiger charge is -2.47. The van der Waals surface area contributed by atoms with Crippen LogP contribution in [0.3, 0.4) is 0 Å². The van der Waals surface area contributed by atoms with Crippen LogP contribution in [0, 0.1) is 0 Å². The lowest BCUT2D eigenvalue weighted by molar-refractivity contribution is -0.351. The van der Waals surface area contributed by atoms with E-state index in [1.54, 1.807) is 24.4 Å². The smallest absolute Gasteiger partial charge is 0.387 e. The summed E-state index contributed by atoms with van der Waals surface area (Å²) in [5.74, 6) is -0.635. The molecule has 5 aromatic rings. The lowest BCUT2D eigenvalue weighted by Crippen LogP contribution is -2.64. The van der Waals surface area contributed by atoms with Crippen LogP contribution in [0.4, 0.5) is 0 Å². The predicted molar refractivity (Wildman–Crippen MR) is 202 cm³/mol. The van der Waals surface area contributed by atoms with Gasteiger partial charge >= 0.3 is 14.2 Å². The first-order chi connectivity index (χ1) is 24.4. The predicted octanol–water partition coefficient (Wildman–Crippen LogP) is 7.28. The number of hydrogen-bond acceptors (Lipinski definition) is 10. The molecule has 2 saturated heterocycles. The number of pyridine rings is 1. The number of esters is 1. The van der Waals surface area contributed by atoms with Gasteiger partial charge in [-0.2, -0.15) is 0 Å². The molecule has 268 valence electrons. The molecule has 6 atom stereocenters. The van der Waals surface area contributed by atoms with Crippen LogP contribution in [0.2, 0.25) is 39.3 Å². The van der Waals surface area contributed by atoms with Crippen molar-refractivity contribution >= 4 is 62.7 Å². The SMILES string of the molecule is CO[C@H]1O[C@@H]2CO[C@@H](c3ccccc3)O[C@H]2[C@H](OC(=O)c2ccccn2)[C@H]1Op1oc2c([Si](C)(C)C)cccc2c2cccc([Si](C)(C)C)c2o1. The molecule has 0 unspecified atom stereocenters. The van der Waals surface area contributed by atoms with E-state index in [2.05, 4.69) is 80.7 Å². The minimum Gasteiger partial charge on any atom is -0.452 e. The highest BCUT2D eigenvalue weighted by molar-refractivity contribution is 7.32. The van der Waals surface area contributed by atoms with Gasteiger partial charge in [0.05, 0.1) is 22.8 Å². The summed E-state index contributed by atoms with van der Waals surface area (Å²) in [5, 5.41) is 4.20. The maximum atomic E-state index is 13.7. The molecule has 0 aliphatic carbocycles. The minimum atomic E-state index is -2.15. The maximum absolute atomic E-state index is 13.7. The molecule has 2 aromatic heterocycles. The van der Waals surface area contributed by atoms with Crippen molar-refractivity contribution in [3.8, 4) is 0 Å². The standard InChI is InChI=1S/C38H44NO9PSi2/c1-41-38-35(34(44-36(40)27-19-11-12-22-39-27)33-28(43-38)23-42-37(45-33)24-15-9-8-10-16-24)48-49-46-31-25(17-13-20-29(31)50(2,3)4)26-18-14-21-30(32(26)47-49)51(5,6)7/h8-22,28,33-35,37-38H,23H2,1-7H3/t28-,33-,34+,35-,37-,38+/m1/s1. The molecule has 10 nitrogen and oxygen atoms in total. The molecule has 7 rings (SSSR count). The number of aromatic nitrogens is 1. The van der Waals surface area contributed by atoms with Crippen molar-refractivity contribution in [1.82, 2.24) is 4.98 Å². The second-order valence-electron chi connectivity index (χ2n) is 14.9. The highest BCUT2D eigenvalue weighted by Crippen LogP contribution is 2.41. The van der Waals surface area contributed by atoms with Crippen LogP contribution < -0.4 is 14.9 Å². The first kappa shape index (κ1) is 35.8. The van der Waals surface area contributed by atoms with Gasteiger partial charge in [-0.1, -0.05) is 112 Å². The quantitative estimate of drug-likeness (QED) is 0.119. The summed E-state index contributed by atoms with van der Waals surface area (Å²) >= 11 is 0. The number of carbonyl (C=O) groups is 1. The summed E-state index contributed by atoms with van der Waals surface area (Å²) in [6.07, 6.45) is -3.61. The van der Waals surface area contributed by atoms with Crippen LogP contribution >= 0.6 is 8.24 Å². The third kappa shape index (κ3) is 7.38. The Morgan fingerprint density at radius 2 is 1.39 bits per heavy atom. The fraction of sp³-hybridized carbons (Fsp3) is 0.368. The number of rotatable bonds is 8. The highest BCUT2D eigenvalue weighted by atomic mass is 31.1. The zero-order valence-corrected chi connectivity index (χ0v) is 32.8. The monoisotopic (exact) mass is 745 g/mol. The maximum Gasteiger partial charge on any atom is 0.387 e. The molecular weight excluding hydrogens is 702 g/mol. The minimum absolute atomic E-state index is 0.148. The Balaban J connectivity index is 1.39. The Morgan fingerprint density at radius 3 is 1.96 bits per heavy atom. The highest BCUT2D eigenvalue weighted by Gasteiger charge is 2.54. The first-order valence-corrected chi connectivity index (χ1v) is 25.2. The third-order valence-electron chi connectivity index (χ3n) is 9.18. The van der Waals surface area contributed by atoms with Crippen molar-refractivity contribution in [2.24, 2.45) is 0 Å². The van der Waals surface area contributed by atoms with Gasteiger partial charge in [-0.15, -0.1) is 0 Å². The zero-order chi connectivity index (χ0) is 35.9. The molecule has 3 aromatic carbocycles. The zero-order valence-electron chi connectivity index (χ0n) is 29.9. The molecular formula is C38H44NO9PSi2. The fourth-order valence-electron chi connectivity index (χ4n) is 6.62. The van der Waals surface area contributed by atoms with E-state index in [0.717, 1.165) is 37.9 Å². The van der Waals surface area contributed by atoms with Crippen molar-refractivity contribution in [1.29, 1.82) is 0 Å². The van der Waals surface area contributed by atoms with Crippen LogP contribution in [0.5, 0.6) is 0 Å². The van der Waals surface area contributed by atoms with E-state index in [0.29, 0.717) is 0 Å². The van der Waals surface area contributed by atoms with E-state index >= 15 is 0 Å². The van der Waals surface area contributed by atoms with E-state index in [9.17, 15) is 4.79 Å². The van der Waals surface area contributed by atoms with E-state index < -0.39 is 67.4 Å². The van der Waals surface area contributed by atoms with Crippen molar-refractivity contribution in [2.45, 2.75) is 76.3 Å². The molecule has 4 heterocycles. The Morgan fingerprint density at radius 1 is 0.765 bits per heavy atom. The number of ether oxygens (including phenoxy) is 5. The molecule has 0 saturated carbocycles. The molecule has 0 amide bonds. The normalized spacial score (nSPS) is 23.9. The Labute approximate surface area is 300 Å². The lowest BCUT2D eigenvalue weighted by atomic mass is 9.97. The number of benzene rings is 3. The molecule has 0 N–H and O–H groups in total. The van der Waals surface area contributed by atoms with Gasteiger partial charge in [-0.25, -0.2) is 9.78 Å². The van der Waals surface area contributed by atoms with Crippen LogP contribution in [0.1, 0.15) is 22.3 Å². The summed E-state index contributed by atoms with van der Waals surface area (Å²) in [6.45, 7) is 13.9. The summed E-state index contributed by atoms with van der Waals surface area (Å²) in [7, 11) is -4.47. The molecule has 0 radical (unpaired) electrons. The van der Waals surface area contributed by atoms with Crippen LogP contribution in [0.25, 0.3) is 21.9 Å². The average molecular weight is 746 g/mol. The van der Waals surface area contributed by atoms with E-state index in [1.165, 1.54) is 7.11 Å². The fourth-order valence-corrected chi connectivity index (χ4v) is 10.9. The largest absolute Gasteiger partial charge is 0.452 e. The molecule has 2 fully saturated rings. The average Bonchev–Trinajstić information content (AvgIpc) is 3.28. The summed E-state index contributed by atoms with van der Waals surface area (Å²) < 4.78 is 51.9. The second-order valence-corrected chi connectivity index (χ2v) is 26.0. The van der Waals surface area contributed by atoms with Gasteiger partial charge in [0, 0.05) is 29.6 Å². The molecule has 0 spiro atoms. The third-order valence-corrected chi connectivity index (χ3v) is 14.3. The molecule has 2 aliphatic rings. The summed E-state index contributed by atoms with van der Waals surface area (Å²) in [5.41, 5.74) is 2.45. The van der Waals surface area contributed by atoms with Crippen LogP contribution in [-0.4, -0.2) is 71.5 Å². The number of para-hydroxylation sites is 2. The number of hydrogen-bond donors (Lipinski definition) is 0. The first-order valence-electron chi connectivity index (χ1n) is 17.1. The molecule has 2 aliphatic heterocycles. The Hall–Kier alpha value is -3.59. The Kier molecular flexibility index (Phi) is 10.1. The van der Waals surface area contributed by atoms with Gasteiger partial charge in [0.15, 0.2) is 24.8 Å². The molecule has 51 heavy (non-hydrogen) atoms. The van der Waals surface area contributed by atoms with Crippen molar-refractivity contribution in [2.75, 3.05) is 13.7 Å². The number of methoxy groups -OCH3 is 1. The van der Waals surface area contributed by atoms with Crippen LogP contribution in [0.15, 0.2) is 99.5 Å². The van der Waals surface area contributed by atoms with Crippen molar-refractivity contribution in [3.05, 3.63) is 102 Å². The van der Waals surface area contributed by atoms with Gasteiger partial charge < -0.3 is 32.1 Å². The van der Waals surface area contributed by atoms with Gasteiger partial charge in [0.2, 0.25) is 0 Å². The molecule has 0 bridgehead atoms. The van der Waals surface area contributed by atoms with E-state index in [-0.39, 0.29) is 12.3 Å². The number of carbonyl (C=O) groups excluding carboxylic acids is 1. The summed E-state index contributed by atoms with van der Waals surface area (Å²) in [4.78, 5) is 17.9. The van der Waals surface area contributed by atoms with Crippen LogP contribution in [-0.2, 0) is 23.7 Å². The van der Waals surface area contributed by atoms with Gasteiger partial charge in [0.25, 0.3) is 0 Å². The Bertz CT molecular complexity index is 1970. The van der Waals surface area contributed by atoms with Gasteiger partial charge in [-0.05, 0) is 22.5 Å². The van der Waals surface area contributed by atoms with E-state index in [1.807, 2.05) is 30.3 Å². The second kappa shape index (κ2) is 14.4. The number of fused-ring (bicyclic) bond motifs is 4.